The summed E-state index contributed by atoms with van der Waals surface area (Å²) in [5, 5.41) is 41.7. The number of nitrogens with two attached hydrogens (primary N) is 1. The molecule has 11 rings (SSSR count). The van der Waals surface area contributed by atoms with Gasteiger partial charge in [-0.2, -0.15) is 5.10 Å². The highest BCUT2D eigenvalue weighted by atomic mass is 32.1. The molecule has 2 amide bonds. The molecule has 19 heteroatoms. The second kappa shape index (κ2) is 23.2. The number of piperidine rings is 2. The zero-order chi connectivity index (χ0) is 55.0. The number of thiazole rings is 1. The first-order valence-corrected chi connectivity index (χ1v) is 29.1. The Bertz CT molecular complexity index is 3160. The molecule has 1 aliphatic carbocycles. The fourth-order valence-electron chi connectivity index (χ4n) is 12.8. The molecule has 0 radical (unpaired) electrons. The predicted octanol–water partition coefficient (Wildman–Crippen LogP) is 7.45. The van der Waals surface area contributed by atoms with Gasteiger partial charge in [0.05, 0.1) is 70.0 Å². The summed E-state index contributed by atoms with van der Waals surface area (Å²) in [6.07, 6.45) is 10.3. The van der Waals surface area contributed by atoms with Crippen molar-refractivity contribution in [1.29, 1.82) is 0 Å². The number of carbonyl (C=O) groups excluding carboxylic acids is 2. The normalized spacial score (nSPS) is 22.3. The van der Waals surface area contributed by atoms with E-state index >= 15 is 0 Å². The molecule has 1 spiro atoms. The van der Waals surface area contributed by atoms with Gasteiger partial charge in [-0.05, 0) is 119 Å². The quantitative estimate of drug-likeness (QED) is 0.0779. The number of aryl methyl sites for hydroxylation is 1. The summed E-state index contributed by atoms with van der Waals surface area (Å²) in [4.78, 5) is 42.9. The fourth-order valence-corrected chi connectivity index (χ4v) is 13.6. The number of phenolic OH excluding ortho intramolecular Hbond substituents is 1. The van der Waals surface area contributed by atoms with Crippen LogP contribution in [-0.2, 0) is 14.3 Å². The highest BCUT2D eigenvalue weighted by Gasteiger charge is 2.49. The third-order valence-corrected chi connectivity index (χ3v) is 18.6. The summed E-state index contributed by atoms with van der Waals surface area (Å²) in [5.74, 6) is 7.22. The molecule has 1 saturated carbocycles. The molecule has 2 aromatic carbocycles. The van der Waals surface area contributed by atoms with Crippen LogP contribution in [0.3, 0.4) is 0 Å². The summed E-state index contributed by atoms with van der Waals surface area (Å²) in [7, 11) is 0. The molecule has 18 nitrogen and oxygen atoms in total. The van der Waals surface area contributed by atoms with Crippen LogP contribution in [0.1, 0.15) is 119 Å². The maximum absolute atomic E-state index is 14.4. The molecule has 6 aromatic rings. The van der Waals surface area contributed by atoms with Gasteiger partial charge >= 0.3 is 0 Å². The standard InChI is InChI=1S/C60H74N12O6S/c1-37(2)55(59(76)71-34-47(73)27-50(71)58(75)64-38(3)43-12-14-44(15-13-43)56-39(4)62-36-79-56)52-28-54(67-78-52)69-20-16-41(17-21-69)32-68-22-18-60(19-23-68)29-46(30-60)70-24-25-77-53(35-70)40(5)72-33-42(31-63-72)10-11-45-26-49(65-66-57(45)61)48-8-6-7-9-51(48)74/h6-9,12-15,26,28,31,33,36-38,40-41,46-47,50,53,55,73-74H,16-25,27,29-30,32,34-35H2,1-5H3,(H2,61,66)(H,64,75)/t38-,40-,47+,50-,53-,55+/m0/s1. The van der Waals surface area contributed by atoms with Crippen molar-refractivity contribution in [3.8, 4) is 39.3 Å². The first-order chi connectivity index (χ1) is 38.2. The number of rotatable bonds is 14. The molecule has 8 heterocycles. The zero-order valence-electron chi connectivity index (χ0n) is 46.0. The van der Waals surface area contributed by atoms with E-state index in [-0.39, 0.29) is 60.5 Å². The van der Waals surface area contributed by atoms with Crippen molar-refractivity contribution in [2.45, 2.75) is 122 Å². The number of β-amino-alcohol motifs (C(OH)–C–C–N with tert-alkyl or cyclic N) is 1. The number of para-hydroxylation sites is 1. The Hall–Kier alpha value is -6.69. The number of carbonyl (C=O) groups is 2. The Morgan fingerprint density at radius 3 is 2.47 bits per heavy atom. The van der Waals surface area contributed by atoms with Crippen LogP contribution in [0.2, 0.25) is 0 Å². The van der Waals surface area contributed by atoms with E-state index in [2.05, 4.69) is 64.2 Å². The summed E-state index contributed by atoms with van der Waals surface area (Å²) in [5.41, 5.74) is 13.8. The second-order valence-electron chi connectivity index (χ2n) is 23.3. The number of aromatic hydroxyl groups is 1. The minimum atomic E-state index is -0.800. The molecule has 416 valence electrons. The first kappa shape index (κ1) is 54.3. The van der Waals surface area contributed by atoms with Crippen molar-refractivity contribution >= 4 is 34.8 Å². The molecule has 5 fully saturated rings. The number of aliphatic hydroxyl groups is 1. The maximum atomic E-state index is 14.4. The zero-order valence-corrected chi connectivity index (χ0v) is 46.8. The van der Waals surface area contributed by atoms with Crippen molar-refractivity contribution in [1.82, 2.24) is 50.1 Å². The summed E-state index contributed by atoms with van der Waals surface area (Å²) in [6.45, 7) is 17.9. The van der Waals surface area contributed by atoms with Gasteiger partial charge in [-0.1, -0.05) is 67.2 Å². The number of morpholine rings is 1. The molecule has 0 bridgehead atoms. The van der Waals surface area contributed by atoms with Gasteiger partial charge in [0.25, 0.3) is 0 Å². The van der Waals surface area contributed by atoms with Gasteiger partial charge in [0.1, 0.15) is 17.7 Å². The Labute approximate surface area is 466 Å². The lowest BCUT2D eigenvalue weighted by molar-refractivity contribution is -0.141. The molecule has 5 aliphatic rings. The number of ether oxygens (including phenoxy) is 1. The number of nitrogens with one attached hydrogen (secondary N) is 1. The number of nitrogen functional groups attached to an aromatic ring is 1. The van der Waals surface area contributed by atoms with E-state index in [0.717, 1.165) is 91.7 Å². The van der Waals surface area contributed by atoms with Crippen molar-refractivity contribution in [2.75, 3.05) is 69.6 Å². The molecule has 4 saturated heterocycles. The summed E-state index contributed by atoms with van der Waals surface area (Å²) < 4.78 is 14.3. The molecule has 79 heavy (non-hydrogen) atoms. The second-order valence-corrected chi connectivity index (χ2v) is 24.1. The molecule has 6 atom stereocenters. The molecule has 5 N–H and O–H groups in total. The number of benzene rings is 2. The number of hydrogen-bond acceptors (Lipinski definition) is 16. The maximum Gasteiger partial charge on any atom is 0.243 e. The number of phenols is 1. The summed E-state index contributed by atoms with van der Waals surface area (Å²) in [6, 6.07) is 18.3. The predicted molar refractivity (Wildman–Crippen MR) is 303 cm³/mol. The minimum absolute atomic E-state index is 0.0168. The van der Waals surface area contributed by atoms with Crippen molar-refractivity contribution in [3.63, 3.8) is 0 Å². The highest BCUT2D eigenvalue weighted by molar-refractivity contribution is 7.13. The smallest absolute Gasteiger partial charge is 0.243 e. The van der Waals surface area contributed by atoms with Crippen LogP contribution in [0.15, 0.2) is 83.1 Å². The highest BCUT2D eigenvalue weighted by Crippen LogP contribution is 2.51. The van der Waals surface area contributed by atoms with Crippen LogP contribution >= 0.6 is 11.3 Å². The van der Waals surface area contributed by atoms with E-state index in [9.17, 15) is 19.8 Å². The first-order valence-electron chi connectivity index (χ1n) is 28.2. The average molecular weight is 1090 g/mol. The lowest BCUT2D eigenvalue weighted by Crippen LogP contribution is -2.59. The summed E-state index contributed by atoms with van der Waals surface area (Å²) >= 11 is 1.60. The number of aliphatic hydroxyl groups excluding tert-OH is 1. The van der Waals surface area contributed by atoms with E-state index in [1.165, 1.54) is 25.7 Å². The van der Waals surface area contributed by atoms with E-state index in [0.29, 0.717) is 46.6 Å². The van der Waals surface area contributed by atoms with E-state index < -0.39 is 18.1 Å². The number of hydrogen-bond donors (Lipinski definition) is 4. The van der Waals surface area contributed by atoms with Crippen LogP contribution in [0.25, 0.3) is 21.7 Å². The van der Waals surface area contributed by atoms with Gasteiger partial charge in [0, 0.05) is 69.6 Å². The van der Waals surface area contributed by atoms with Gasteiger partial charge in [0.2, 0.25) is 11.8 Å². The third kappa shape index (κ3) is 11.8. The lowest BCUT2D eigenvalue weighted by Gasteiger charge is -2.56. The van der Waals surface area contributed by atoms with Crippen LogP contribution in [0, 0.1) is 36.0 Å². The van der Waals surface area contributed by atoms with Gasteiger partial charge in [-0.3, -0.25) is 19.2 Å². The van der Waals surface area contributed by atoms with Crippen LogP contribution in [0.4, 0.5) is 11.6 Å². The molecule has 4 aliphatic heterocycles. The van der Waals surface area contributed by atoms with E-state index in [4.69, 9.17) is 15.0 Å². The van der Waals surface area contributed by atoms with Crippen LogP contribution in [-0.4, -0.2) is 150 Å². The molecular formula is C60H74N12O6S. The van der Waals surface area contributed by atoms with E-state index in [1.54, 1.807) is 46.7 Å². The van der Waals surface area contributed by atoms with Gasteiger partial charge in [-0.15, -0.1) is 21.5 Å². The Balaban J connectivity index is 0.617. The van der Waals surface area contributed by atoms with Crippen LogP contribution < -0.4 is 16.0 Å². The number of aromatic nitrogens is 6. The number of anilines is 2. The van der Waals surface area contributed by atoms with Gasteiger partial charge in [-0.25, -0.2) is 4.98 Å². The van der Waals surface area contributed by atoms with Gasteiger partial charge < -0.3 is 45.2 Å². The monoisotopic (exact) mass is 1090 g/mol. The molecule has 0 unspecified atom stereocenters. The number of likely N-dealkylation sites (tertiary alicyclic amines) is 2. The molecule has 4 aromatic heterocycles. The number of amides is 2. The molecular weight excluding hydrogens is 1020 g/mol. The average Bonchev–Trinajstić information content (AvgIpc) is 4.36. The van der Waals surface area contributed by atoms with Crippen LogP contribution in [0.5, 0.6) is 5.75 Å². The largest absolute Gasteiger partial charge is 0.507 e. The fraction of sp³-hybridized carbons (Fsp3) is 0.517. The van der Waals surface area contributed by atoms with Gasteiger partial charge in [0.15, 0.2) is 17.4 Å². The van der Waals surface area contributed by atoms with E-state index in [1.807, 2.05) is 80.5 Å². The SMILES string of the molecule is Cc1ncsc1-c1ccc([C@H](C)NC(=O)[C@@H]2C[C@@H](O)CN2C(=O)[C@@H](c2cc(N3CCC(CN4CCC5(CC4)CC(N4CCO[C@H]([C@H](C)n6cc(C#Cc7cc(-c8ccccc8O)nnc7N)cn6)C4)C5)CC3)no2)C(C)C)cc1. The van der Waals surface area contributed by atoms with Crippen molar-refractivity contribution < 1.29 is 29.1 Å². The Kier molecular flexibility index (Phi) is 15.9. The number of nitrogens with zero attached hydrogens (tertiary/aromatic N) is 10. The lowest BCUT2D eigenvalue weighted by atomic mass is 9.60. The van der Waals surface area contributed by atoms with Crippen molar-refractivity contribution in [2.24, 2.45) is 17.3 Å². The topological polar surface area (TPSA) is 217 Å². The van der Waals surface area contributed by atoms with Crippen molar-refractivity contribution in [3.05, 3.63) is 107 Å². The minimum Gasteiger partial charge on any atom is -0.507 e. The Morgan fingerprint density at radius 1 is 0.962 bits per heavy atom. The third-order valence-electron chi connectivity index (χ3n) is 17.6. The Morgan fingerprint density at radius 2 is 1.73 bits per heavy atom.